The second-order valence-electron chi connectivity index (χ2n) is 8.49. The van der Waals surface area contributed by atoms with Crippen LogP contribution < -0.4 is 25.7 Å². The molecule has 0 radical (unpaired) electrons. The quantitative estimate of drug-likeness (QED) is 0.255. The van der Waals surface area contributed by atoms with Crippen LogP contribution in [0.1, 0.15) is 15.9 Å². The predicted octanol–water partition coefficient (Wildman–Crippen LogP) is 2.01. The molecule has 2 aromatic carbocycles. The van der Waals surface area contributed by atoms with E-state index in [2.05, 4.69) is 21.0 Å². The lowest BCUT2D eigenvalue weighted by atomic mass is 10.1. The molecule has 0 saturated heterocycles. The number of nitrogens with one attached hydrogen (secondary N) is 4. The lowest BCUT2D eigenvalue weighted by Gasteiger charge is -2.24. The zero-order valence-corrected chi connectivity index (χ0v) is 23.2. The Morgan fingerprint density at radius 2 is 1.74 bits per heavy atom. The van der Waals surface area contributed by atoms with Gasteiger partial charge in [-0.05, 0) is 47.5 Å². The average Bonchev–Trinajstić information content (AvgIpc) is 3.65. The van der Waals surface area contributed by atoms with Crippen LogP contribution in [0, 0.1) is 0 Å². The summed E-state index contributed by atoms with van der Waals surface area (Å²) in [7, 11) is 0.658. The van der Waals surface area contributed by atoms with Gasteiger partial charge in [-0.25, -0.2) is 17.9 Å². The first-order valence-corrected chi connectivity index (χ1v) is 14.2. The fourth-order valence-electron chi connectivity index (χ4n) is 3.84. The van der Waals surface area contributed by atoms with Gasteiger partial charge in [-0.2, -0.15) is 0 Å². The van der Waals surface area contributed by atoms with Crippen LogP contribution in [0.2, 0.25) is 0 Å². The Kier molecular flexibility index (Phi) is 8.86. The zero-order chi connectivity index (χ0) is 28.0. The van der Waals surface area contributed by atoms with Gasteiger partial charge in [0.25, 0.3) is 5.91 Å². The highest BCUT2D eigenvalue weighted by Crippen LogP contribution is 2.31. The van der Waals surface area contributed by atoms with Gasteiger partial charge in [0, 0.05) is 30.1 Å². The van der Waals surface area contributed by atoms with Gasteiger partial charge in [-0.3, -0.25) is 9.80 Å². The molecule has 0 saturated carbocycles. The summed E-state index contributed by atoms with van der Waals surface area (Å²) in [6.45, 7) is -0.0314. The Bertz CT molecular complexity index is 1450. The molecule has 206 valence electrons. The fraction of sp³-hybridized carbons (Fsp3) is 0.231. The van der Waals surface area contributed by atoms with E-state index >= 15 is 0 Å². The summed E-state index contributed by atoms with van der Waals surface area (Å²) in [4.78, 5) is 25.0. The van der Waals surface area contributed by atoms with Gasteiger partial charge >= 0.3 is 5.97 Å². The molecule has 4 rings (SSSR count). The van der Waals surface area contributed by atoms with Crippen LogP contribution in [0.15, 0.2) is 76.8 Å². The molecule has 3 aromatic rings. The van der Waals surface area contributed by atoms with E-state index in [-0.39, 0.29) is 16.7 Å². The molecule has 0 unspecified atom stereocenters. The van der Waals surface area contributed by atoms with E-state index in [1.165, 1.54) is 13.2 Å². The number of amides is 1. The van der Waals surface area contributed by atoms with Crippen LogP contribution in [0.4, 0.5) is 0 Å². The third-order valence-electron chi connectivity index (χ3n) is 6.00. The first kappa shape index (κ1) is 28.1. The standard InChI is InChI=1S/C26H29N5O6S2/c1-27-25(32)19-8-6-18(7-9-19)23-12-13-24(38-23)39(34,35)28-15-20-16-31(30-29-20)22(26(33)37-3)14-17-4-10-21(36-2)11-5-17/h4-13,16,22,28-30H,14-15H2,1-3H3,(H,27,32)/t22-/m0/s1. The maximum Gasteiger partial charge on any atom is 0.330 e. The van der Waals surface area contributed by atoms with Crippen molar-refractivity contribution in [3.8, 4) is 16.2 Å². The molecule has 0 spiro atoms. The van der Waals surface area contributed by atoms with Crippen molar-refractivity contribution in [2.45, 2.75) is 16.7 Å². The Balaban J connectivity index is 1.40. The number of nitrogens with zero attached hydrogens (tertiary/aromatic N) is 1. The van der Waals surface area contributed by atoms with Crippen molar-refractivity contribution < 1.29 is 27.5 Å². The Morgan fingerprint density at radius 1 is 1.03 bits per heavy atom. The van der Waals surface area contributed by atoms with Gasteiger partial charge in [0.15, 0.2) is 0 Å². The predicted molar refractivity (Wildman–Crippen MR) is 147 cm³/mol. The number of hydrogen-bond donors (Lipinski definition) is 4. The Hall–Kier alpha value is -3.91. The van der Waals surface area contributed by atoms with Crippen molar-refractivity contribution in [2.75, 3.05) is 27.8 Å². The number of methoxy groups -OCH3 is 2. The molecule has 1 aromatic heterocycles. The molecule has 0 aliphatic carbocycles. The number of sulfonamides is 1. The lowest BCUT2D eigenvalue weighted by molar-refractivity contribution is -0.147. The minimum atomic E-state index is -3.80. The molecule has 1 amide bonds. The first-order valence-electron chi connectivity index (χ1n) is 11.9. The summed E-state index contributed by atoms with van der Waals surface area (Å²) >= 11 is 1.12. The van der Waals surface area contributed by atoms with Gasteiger partial charge in [0.05, 0.1) is 26.5 Å². The number of hydrogen-bond acceptors (Lipinski definition) is 10. The number of thiophene rings is 1. The monoisotopic (exact) mass is 571 g/mol. The minimum absolute atomic E-state index is 0.0314. The van der Waals surface area contributed by atoms with Gasteiger partial charge in [0.1, 0.15) is 16.0 Å². The molecule has 1 aliphatic rings. The van der Waals surface area contributed by atoms with E-state index in [9.17, 15) is 18.0 Å². The second-order valence-corrected chi connectivity index (χ2v) is 11.6. The highest BCUT2D eigenvalue weighted by Gasteiger charge is 2.29. The maximum atomic E-state index is 13.0. The van der Waals surface area contributed by atoms with E-state index < -0.39 is 22.0 Å². The molecule has 1 atom stereocenters. The number of carbonyl (C=O) groups excluding carboxylic acids is 2. The van der Waals surface area contributed by atoms with Crippen molar-refractivity contribution in [1.29, 1.82) is 0 Å². The van der Waals surface area contributed by atoms with E-state index in [4.69, 9.17) is 9.47 Å². The second kappa shape index (κ2) is 12.3. The van der Waals surface area contributed by atoms with Crippen molar-refractivity contribution in [3.63, 3.8) is 0 Å². The summed E-state index contributed by atoms with van der Waals surface area (Å²) in [5.74, 6) is 0.0648. The van der Waals surface area contributed by atoms with Crippen molar-refractivity contribution >= 4 is 33.2 Å². The molecule has 39 heavy (non-hydrogen) atoms. The third-order valence-corrected chi connectivity index (χ3v) is 9.02. The smallest absolute Gasteiger partial charge is 0.330 e. The molecule has 4 N–H and O–H groups in total. The average molecular weight is 572 g/mol. The highest BCUT2D eigenvalue weighted by molar-refractivity contribution is 7.91. The number of rotatable bonds is 11. The molecular formula is C26H29N5O6S2. The number of esters is 1. The van der Waals surface area contributed by atoms with Crippen LogP contribution in [-0.4, -0.2) is 59.2 Å². The van der Waals surface area contributed by atoms with Crippen molar-refractivity contribution in [3.05, 3.63) is 83.7 Å². The van der Waals surface area contributed by atoms with E-state index in [1.807, 2.05) is 24.3 Å². The van der Waals surface area contributed by atoms with Crippen LogP contribution in [0.25, 0.3) is 10.4 Å². The van der Waals surface area contributed by atoms with Crippen LogP contribution >= 0.6 is 11.3 Å². The van der Waals surface area contributed by atoms with Crippen LogP contribution in [0.3, 0.4) is 0 Å². The van der Waals surface area contributed by atoms with E-state index in [0.717, 1.165) is 27.3 Å². The highest BCUT2D eigenvalue weighted by atomic mass is 32.2. The molecule has 0 fully saturated rings. The molecule has 11 nitrogen and oxygen atoms in total. The summed E-state index contributed by atoms with van der Waals surface area (Å²) in [6, 6.07) is 16.8. The SMILES string of the molecule is CNC(=O)c1ccc(-c2ccc(S(=O)(=O)NCC3=CN([C@@H](Cc4ccc(OC)cc4)C(=O)OC)NN3)s2)cc1. The minimum Gasteiger partial charge on any atom is -0.497 e. The zero-order valence-electron chi connectivity index (χ0n) is 21.6. The molecule has 1 aliphatic heterocycles. The fourth-order valence-corrected chi connectivity index (χ4v) is 6.20. The summed E-state index contributed by atoms with van der Waals surface area (Å²) in [6.07, 6.45) is 1.98. The largest absolute Gasteiger partial charge is 0.497 e. The van der Waals surface area contributed by atoms with Crippen molar-refractivity contribution in [2.24, 2.45) is 0 Å². The normalized spacial score (nSPS) is 13.8. The summed E-state index contributed by atoms with van der Waals surface area (Å²) in [5, 5.41) is 4.11. The lowest BCUT2D eigenvalue weighted by Crippen LogP contribution is -2.48. The van der Waals surface area contributed by atoms with Crippen molar-refractivity contribution in [1.82, 2.24) is 26.0 Å². The molecular weight excluding hydrogens is 542 g/mol. The summed E-state index contributed by atoms with van der Waals surface area (Å²) in [5.41, 5.74) is 8.52. The van der Waals surface area contributed by atoms with E-state index in [0.29, 0.717) is 23.4 Å². The van der Waals surface area contributed by atoms with Gasteiger partial charge in [-0.1, -0.05) is 24.3 Å². The Labute approximate surface area is 230 Å². The number of carbonyl (C=O) groups is 2. The maximum absolute atomic E-state index is 13.0. The molecule has 13 heteroatoms. The van der Waals surface area contributed by atoms with Gasteiger partial charge in [-0.15, -0.1) is 16.9 Å². The van der Waals surface area contributed by atoms with Gasteiger partial charge < -0.3 is 20.2 Å². The third kappa shape index (κ3) is 6.75. The number of ether oxygens (including phenoxy) is 2. The molecule has 2 heterocycles. The number of hydrazine groups is 2. The molecule has 0 bridgehead atoms. The first-order chi connectivity index (χ1) is 18.7. The van der Waals surface area contributed by atoms with E-state index in [1.54, 1.807) is 55.7 Å². The van der Waals surface area contributed by atoms with Gasteiger partial charge in [0.2, 0.25) is 10.0 Å². The number of benzene rings is 2. The topological polar surface area (TPSA) is 138 Å². The Morgan fingerprint density at radius 3 is 2.38 bits per heavy atom. The van der Waals surface area contributed by atoms with Crippen LogP contribution in [-0.2, 0) is 26.0 Å². The van der Waals surface area contributed by atoms with Crippen LogP contribution in [0.5, 0.6) is 5.75 Å². The summed E-state index contributed by atoms with van der Waals surface area (Å²) < 4.78 is 38.8.